The summed E-state index contributed by atoms with van der Waals surface area (Å²) in [4.78, 5) is 27.0. The molecule has 4 rings (SSSR count). The molecule has 0 N–H and O–H groups in total. The third kappa shape index (κ3) is 1.89. The van der Waals surface area contributed by atoms with E-state index in [1.165, 1.54) is 7.11 Å². The van der Waals surface area contributed by atoms with Gasteiger partial charge in [-0.05, 0) is 12.5 Å². The van der Waals surface area contributed by atoms with Crippen molar-refractivity contribution in [3.05, 3.63) is 48.0 Å². The number of hydrogen-bond donors (Lipinski definition) is 0. The fraction of sp³-hybridized carbons (Fsp3) is 0.444. The summed E-state index contributed by atoms with van der Waals surface area (Å²) in [5, 5.41) is 0. The lowest BCUT2D eigenvalue weighted by molar-refractivity contribution is -0.151. The Balaban J connectivity index is 1.67. The number of nitrogens with zero attached hydrogens (tertiary/aromatic N) is 1. The number of esters is 1. The zero-order valence-electron chi connectivity index (χ0n) is 13.1. The first-order valence-electron chi connectivity index (χ1n) is 7.88. The highest BCUT2D eigenvalue weighted by molar-refractivity contribution is 5.91. The number of hydrogen-bond acceptors (Lipinski definition) is 4. The van der Waals surface area contributed by atoms with Crippen molar-refractivity contribution in [2.45, 2.75) is 24.7 Å². The molecule has 1 amide bonds. The third-order valence-corrected chi connectivity index (χ3v) is 5.35. The Kier molecular flexibility index (Phi) is 3.10. The molecule has 0 aliphatic carbocycles. The minimum atomic E-state index is -0.677. The smallest absolute Gasteiger partial charge is 0.312 e. The van der Waals surface area contributed by atoms with Crippen molar-refractivity contribution < 1.29 is 19.1 Å². The molecule has 2 saturated heterocycles. The van der Waals surface area contributed by atoms with Crippen LogP contribution < -0.4 is 0 Å². The minimum Gasteiger partial charge on any atom is -0.469 e. The first-order valence-corrected chi connectivity index (χ1v) is 7.88. The van der Waals surface area contributed by atoms with Crippen LogP contribution >= 0.6 is 0 Å². The lowest BCUT2D eigenvalue weighted by atomic mass is 9.77. The van der Waals surface area contributed by atoms with Gasteiger partial charge in [-0.25, -0.2) is 0 Å². The Morgan fingerprint density at radius 2 is 2.13 bits per heavy atom. The van der Waals surface area contributed by atoms with Crippen molar-refractivity contribution in [3.63, 3.8) is 0 Å². The molecule has 120 valence electrons. The van der Waals surface area contributed by atoms with Gasteiger partial charge in [-0.2, -0.15) is 0 Å². The van der Waals surface area contributed by atoms with Gasteiger partial charge < -0.3 is 14.4 Å². The van der Waals surface area contributed by atoms with Crippen molar-refractivity contribution >= 4 is 11.9 Å². The van der Waals surface area contributed by atoms with Crippen LogP contribution in [0, 0.1) is 11.8 Å². The minimum absolute atomic E-state index is 0.0244. The summed E-state index contributed by atoms with van der Waals surface area (Å²) < 4.78 is 10.9. The summed E-state index contributed by atoms with van der Waals surface area (Å²) in [5.74, 6) is -1.40. The Morgan fingerprint density at radius 3 is 2.83 bits per heavy atom. The number of carbonyl (C=O) groups excluding carboxylic acids is 2. The molecule has 5 nitrogen and oxygen atoms in total. The highest BCUT2D eigenvalue weighted by atomic mass is 16.5. The van der Waals surface area contributed by atoms with Gasteiger partial charge in [0.05, 0.1) is 31.7 Å². The molecule has 2 bridgehead atoms. The molecule has 23 heavy (non-hydrogen) atoms. The number of fused-ring (bicyclic) bond motifs is 1. The highest BCUT2D eigenvalue weighted by Gasteiger charge is 2.67. The Labute approximate surface area is 134 Å². The number of carbonyl (C=O) groups is 2. The predicted molar refractivity (Wildman–Crippen MR) is 82.3 cm³/mol. The number of ether oxygens (including phenoxy) is 2. The van der Waals surface area contributed by atoms with E-state index in [0.717, 1.165) is 5.56 Å². The molecular weight excluding hydrogens is 294 g/mol. The van der Waals surface area contributed by atoms with Gasteiger partial charge in [-0.15, -0.1) is 0 Å². The van der Waals surface area contributed by atoms with Crippen LogP contribution in [0.2, 0.25) is 0 Å². The van der Waals surface area contributed by atoms with Gasteiger partial charge in [0, 0.05) is 0 Å². The van der Waals surface area contributed by atoms with Crippen LogP contribution in [0.3, 0.4) is 0 Å². The molecule has 5 atom stereocenters. The van der Waals surface area contributed by atoms with Gasteiger partial charge in [-0.1, -0.05) is 42.5 Å². The van der Waals surface area contributed by atoms with E-state index in [1.807, 2.05) is 54.3 Å². The van der Waals surface area contributed by atoms with Crippen molar-refractivity contribution in [1.29, 1.82) is 0 Å². The summed E-state index contributed by atoms with van der Waals surface area (Å²) in [5.41, 5.74) is 0.397. The normalized spacial score (nSPS) is 35.5. The van der Waals surface area contributed by atoms with Gasteiger partial charge in [0.25, 0.3) is 0 Å². The molecule has 5 heteroatoms. The fourth-order valence-corrected chi connectivity index (χ4v) is 4.17. The Hall–Kier alpha value is -2.14. The molecule has 0 unspecified atom stereocenters. The van der Waals surface area contributed by atoms with E-state index in [1.54, 1.807) is 0 Å². The van der Waals surface area contributed by atoms with Crippen LogP contribution in [0.1, 0.15) is 18.5 Å². The van der Waals surface area contributed by atoms with E-state index in [4.69, 9.17) is 9.47 Å². The molecule has 1 aromatic rings. The number of likely N-dealkylation sites (tertiary alicyclic amines) is 1. The quantitative estimate of drug-likeness (QED) is 0.629. The summed E-state index contributed by atoms with van der Waals surface area (Å²) >= 11 is 0. The van der Waals surface area contributed by atoms with E-state index >= 15 is 0 Å². The van der Waals surface area contributed by atoms with Crippen LogP contribution in [0.15, 0.2) is 42.5 Å². The van der Waals surface area contributed by atoms with E-state index in [9.17, 15) is 9.59 Å². The summed E-state index contributed by atoms with van der Waals surface area (Å²) in [7, 11) is 1.36. The van der Waals surface area contributed by atoms with Crippen LogP contribution in [-0.2, 0) is 19.1 Å². The predicted octanol–water partition coefficient (Wildman–Crippen LogP) is 1.70. The van der Waals surface area contributed by atoms with Crippen molar-refractivity contribution in [1.82, 2.24) is 4.90 Å². The number of rotatable bonds is 3. The molecule has 0 radical (unpaired) electrons. The molecular formula is C18H19NO4. The number of methoxy groups -OCH3 is 1. The summed E-state index contributed by atoms with van der Waals surface area (Å²) in [6, 6.07) is 9.84. The maximum Gasteiger partial charge on any atom is 0.312 e. The maximum absolute atomic E-state index is 13.0. The summed E-state index contributed by atoms with van der Waals surface area (Å²) in [6.45, 7) is 2.49. The van der Waals surface area contributed by atoms with Gasteiger partial charge in [0.15, 0.2) is 0 Å². The van der Waals surface area contributed by atoms with Gasteiger partial charge in [0.2, 0.25) is 5.91 Å². The van der Waals surface area contributed by atoms with Crippen molar-refractivity contribution in [3.8, 4) is 0 Å². The van der Waals surface area contributed by atoms with Crippen LogP contribution in [0.4, 0.5) is 0 Å². The van der Waals surface area contributed by atoms with E-state index in [0.29, 0.717) is 6.54 Å². The number of benzene rings is 1. The first-order chi connectivity index (χ1) is 11.1. The fourth-order valence-electron chi connectivity index (χ4n) is 4.17. The lowest BCUT2D eigenvalue weighted by Crippen LogP contribution is -2.39. The SMILES string of the molecule is COC(=O)[C@H]1[C@@H]2C=C[C@]3(CN([C@@H](C)c4ccccc4)C(=O)[C@@H]13)O2. The maximum atomic E-state index is 13.0. The molecule has 0 saturated carbocycles. The molecule has 3 aliphatic heterocycles. The number of amides is 1. The van der Waals surface area contributed by atoms with Crippen LogP contribution in [0.5, 0.6) is 0 Å². The molecule has 3 heterocycles. The van der Waals surface area contributed by atoms with Crippen molar-refractivity contribution in [2.24, 2.45) is 11.8 Å². The molecule has 0 aromatic heterocycles. The van der Waals surface area contributed by atoms with E-state index < -0.39 is 17.4 Å². The van der Waals surface area contributed by atoms with Crippen LogP contribution in [0.25, 0.3) is 0 Å². The molecule has 1 aromatic carbocycles. The Morgan fingerprint density at radius 1 is 1.39 bits per heavy atom. The average Bonchev–Trinajstić information content (AvgIpc) is 3.22. The Bertz CT molecular complexity index is 686. The van der Waals surface area contributed by atoms with Gasteiger partial charge in [0.1, 0.15) is 11.5 Å². The zero-order chi connectivity index (χ0) is 16.2. The van der Waals surface area contributed by atoms with E-state index in [-0.39, 0.29) is 24.0 Å². The van der Waals surface area contributed by atoms with Crippen molar-refractivity contribution in [2.75, 3.05) is 13.7 Å². The van der Waals surface area contributed by atoms with E-state index in [2.05, 4.69) is 0 Å². The first kappa shape index (κ1) is 14.5. The van der Waals surface area contributed by atoms with Gasteiger partial charge >= 0.3 is 5.97 Å². The third-order valence-electron chi connectivity index (χ3n) is 5.35. The second kappa shape index (κ2) is 4.93. The van der Waals surface area contributed by atoms with Crippen LogP contribution in [-0.4, -0.2) is 42.1 Å². The zero-order valence-corrected chi connectivity index (χ0v) is 13.1. The average molecular weight is 313 g/mol. The second-order valence-electron chi connectivity index (χ2n) is 6.48. The highest BCUT2D eigenvalue weighted by Crippen LogP contribution is 2.53. The molecule has 3 aliphatic rings. The topological polar surface area (TPSA) is 55.8 Å². The van der Waals surface area contributed by atoms with Gasteiger partial charge in [-0.3, -0.25) is 9.59 Å². The second-order valence-corrected chi connectivity index (χ2v) is 6.48. The standard InChI is InChI=1S/C18H19NO4/c1-11(12-6-4-3-5-7-12)19-10-18-9-8-13(23-18)14(17(21)22-2)15(18)16(19)20/h3-9,11,13-15H,10H2,1-2H3/t11-,13-,14-,15+,18+/m0/s1. The molecule has 1 spiro atoms. The lowest BCUT2D eigenvalue weighted by Gasteiger charge is -2.27. The largest absolute Gasteiger partial charge is 0.469 e. The molecule has 2 fully saturated rings. The summed E-state index contributed by atoms with van der Waals surface area (Å²) in [6.07, 6.45) is 3.50. The monoisotopic (exact) mass is 313 g/mol.